The molecule has 1 amide bonds. The monoisotopic (exact) mass is 225 g/mol. The summed E-state index contributed by atoms with van der Waals surface area (Å²) in [5.41, 5.74) is 0. The van der Waals surface area contributed by atoms with Crippen molar-refractivity contribution in [3.05, 3.63) is 0 Å². The van der Waals surface area contributed by atoms with Crippen molar-refractivity contribution in [2.45, 2.75) is 31.7 Å². The Morgan fingerprint density at radius 1 is 1.50 bits per heavy atom. The Kier molecular flexibility index (Phi) is 4.18. The van der Waals surface area contributed by atoms with Gasteiger partial charge in [0, 0.05) is 25.6 Å². The highest BCUT2D eigenvalue weighted by atomic mass is 16.1. The summed E-state index contributed by atoms with van der Waals surface area (Å²) in [5.74, 6) is 1.02. The van der Waals surface area contributed by atoms with Gasteiger partial charge in [-0.05, 0) is 45.3 Å². The topological polar surface area (TPSA) is 44.4 Å². The van der Waals surface area contributed by atoms with Crippen LogP contribution < -0.4 is 10.6 Å². The minimum absolute atomic E-state index is 0.230. The van der Waals surface area contributed by atoms with Crippen LogP contribution in [-0.2, 0) is 4.79 Å². The van der Waals surface area contributed by atoms with Gasteiger partial charge in [0.25, 0.3) is 0 Å². The molecule has 2 aliphatic rings. The summed E-state index contributed by atoms with van der Waals surface area (Å²) in [6.07, 6.45) is 4.38. The molecule has 2 heterocycles. The van der Waals surface area contributed by atoms with Gasteiger partial charge in [0.1, 0.15) is 0 Å². The molecule has 2 unspecified atom stereocenters. The average molecular weight is 225 g/mol. The molecule has 2 fully saturated rings. The van der Waals surface area contributed by atoms with Gasteiger partial charge in [-0.1, -0.05) is 0 Å². The van der Waals surface area contributed by atoms with Crippen LogP contribution in [0, 0.1) is 5.92 Å². The molecule has 2 aliphatic heterocycles. The molecule has 2 rings (SSSR count). The number of likely N-dealkylation sites (tertiary alicyclic amines) is 1. The fraction of sp³-hybridized carbons (Fsp3) is 0.917. The minimum Gasteiger partial charge on any atom is -0.352 e. The van der Waals surface area contributed by atoms with E-state index in [4.69, 9.17) is 0 Å². The van der Waals surface area contributed by atoms with Crippen LogP contribution in [0.5, 0.6) is 0 Å². The van der Waals surface area contributed by atoms with Crippen LogP contribution in [0.4, 0.5) is 0 Å². The predicted molar refractivity (Wildman–Crippen MR) is 64.3 cm³/mol. The van der Waals surface area contributed by atoms with Gasteiger partial charge in [-0.3, -0.25) is 4.79 Å². The maximum absolute atomic E-state index is 11.1. The number of amides is 1. The molecule has 0 spiro atoms. The molecule has 2 atom stereocenters. The molecule has 4 heteroatoms. The Bertz CT molecular complexity index is 242. The summed E-state index contributed by atoms with van der Waals surface area (Å²) in [4.78, 5) is 13.6. The summed E-state index contributed by atoms with van der Waals surface area (Å²) in [5, 5.41) is 6.31. The first-order valence-corrected chi connectivity index (χ1v) is 6.44. The largest absolute Gasteiger partial charge is 0.352 e. The Morgan fingerprint density at radius 3 is 3.06 bits per heavy atom. The first-order valence-electron chi connectivity index (χ1n) is 6.44. The maximum atomic E-state index is 11.1. The van der Waals surface area contributed by atoms with E-state index in [9.17, 15) is 4.79 Å². The van der Waals surface area contributed by atoms with E-state index in [0.29, 0.717) is 6.04 Å². The summed E-state index contributed by atoms with van der Waals surface area (Å²) in [6, 6.07) is 0.404. The van der Waals surface area contributed by atoms with Crippen LogP contribution in [0.2, 0.25) is 0 Å². The highest BCUT2D eigenvalue weighted by molar-refractivity contribution is 5.78. The van der Waals surface area contributed by atoms with Gasteiger partial charge < -0.3 is 15.5 Å². The van der Waals surface area contributed by atoms with Crippen LogP contribution in [0.15, 0.2) is 0 Å². The number of hydrogen-bond donors (Lipinski definition) is 2. The zero-order valence-electron chi connectivity index (χ0n) is 10.2. The third-order valence-electron chi connectivity index (χ3n) is 3.66. The molecule has 0 bridgehead atoms. The SMILES string of the molecule is CNCC1CCCN(CC2CCC(=O)N2)C1. The molecule has 2 saturated heterocycles. The lowest BCUT2D eigenvalue weighted by Gasteiger charge is -2.34. The molecule has 4 nitrogen and oxygen atoms in total. The third kappa shape index (κ3) is 3.19. The number of nitrogens with zero attached hydrogens (tertiary/aromatic N) is 1. The highest BCUT2D eigenvalue weighted by Gasteiger charge is 2.25. The second-order valence-corrected chi connectivity index (χ2v) is 5.13. The van der Waals surface area contributed by atoms with Gasteiger partial charge in [-0.15, -0.1) is 0 Å². The smallest absolute Gasteiger partial charge is 0.220 e. The van der Waals surface area contributed by atoms with Crippen molar-refractivity contribution in [3.8, 4) is 0 Å². The molecule has 2 N–H and O–H groups in total. The van der Waals surface area contributed by atoms with Gasteiger partial charge in [0.2, 0.25) is 5.91 Å². The van der Waals surface area contributed by atoms with Crippen molar-refractivity contribution >= 4 is 5.91 Å². The summed E-state index contributed by atoms with van der Waals surface area (Å²) < 4.78 is 0. The molecule has 92 valence electrons. The van der Waals surface area contributed by atoms with E-state index in [1.165, 1.54) is 25.9 Å². The van der Waals surface area contributed by atoms with Crippen molar-refractivity contribution in [1.82, 2.24) is 15.5 Å². The Hall–Kier alpha value is -0.610. The summed E-state index contributed by atoms with van der Waals surface area (Å²) in [6.45, 7) is 4.55. The standard InChI is InChI=1S/C12H23N3O/c1-13-7-10-3-2-6-15(8-10)9-11-4-5-12(16)14-11/h10-11,13H,2-9H2,1H3,(H,14,16). The van der Waals surface area contributed by atoms with Crippen LogP contribution in [0.1, 0.15) is 25.7 Å². The zero-order valence-corrected chi connectivity index (χ0v) is 10.2. The first kappa shape index (κ1) is 11.9. The highest BCUT2D eigenvalue weighted by Crippen LogP contribution is 2.17. The van der Waals surface area contributed by atoms with Gasteiger partial charge >= 0.3 is 0 Å². The van der Waals surface area contributed by atoms with Gasteiger partial charge in [0.05, 0.1) is 0 Å². The number of hydrogen-bond acceptors (Lipinski definition) is 3. The number of nitrogens with one attached hydrogen (secondary N) is 2. The quantitative estimate of drug-likeness (QED) is 0.718. The van der Waals surface area contributed by atoms with E-state index in [-0.39, 0.29) is 5.91 Å². The van der Waals surface area contributed by atoms with Crippen molar-refractivity contribution in [3.63, 3.8) is 0 Å². The lowest BCUT2D eigenvalue weighted by Crippen LogP contribution is -2.45. The Balaban J connectivity index is 1.74. The Labute approximate surface area is 97.8 Å². The molecule has 16 heavy (non-hydrogen) atoms. The van der Waals surface area contributed by atoms with E-state index >= 15 is 0 Å². The van der Waals surface area contributed by atoms with Crippen LogP contribution in [0.3, 0.4) is 0 Å². The Morgan fingerprint density at radius 2 is 2.38 bits per heavy atom. The van der Waals surface area contributed by atoms with Crippen molar-refractivity contribution in [2.24, 2.45) is 5.92 Å². The number of piperidine rings is 1. The van der Waals surface area contributed by atoms with Gasteiger partial charge in [0.15, 0.2) is 0 Å². The third-order valence-corrected chi connectivity index (χ3v) is 3.66. The second-order valence-electron chi connectivity index (χ2n) is 5.13. The molecule has 0 aliphatic carbocycles. The summed E-state index contributed by atoms with van der Waals surface area (Å²) >= 11 is 0. The van der Waals surface area contributed by atoms with Gasteiger partial charge in [-0.25, -0.2) is 0 Å². The normalized spacial score (nSPS) is 31.7. The van der Waals surface area contributed by atoms with Crippen molar-refractivity contribution in [2.75, 3.05) is 33.2 Å². The fourth-order valence-electron chi connectivity index (χ4n) is 2.90. The summed E-state index contributed by atoms with van der Waals surface area (Å²) in [7, 11) is 2.02. The maximum Gasteiger partial charge on any atom is 0.220 e. The molecule has 0 radical (unpaired) electrons. The van der Waals surface area contributed by atoms with Crippen LogP contribution >= 0.6 is 0 Å². The number of rotatable bonds is 4. The van der Waals surface area contributed by atoms with Crippen LogP contribution in [0.25, 0.3) is 0 Å². The van der Waals surface area contributed by atoms with Crippen LogP contribution in [-0.4, -0.2) is 50.1 Å². The lowest BCUT2D eigenvalue weighted by atomic mass is 9.97. The fourth-order valence-corrected chi connectivity index (χ4v) is 2.90. The molecule has 0 aromatic carbocycles. The van der Waals surface area contributed by atoms with E-state index in [1.54, 1.807) is 0 Å². The van der Waals surface area contributed by atoms with E-state index in [1.807, 2.05) is 7.05 Å². The van der Waals surface area contributed by atoms with E-state index in [2.05, 4.69) is 15.5 Å². The minimum atomic E-state index is 0.230. The lowest BCUT2D eigenvalue weighted by molar-refractivity contribution is -0.119. The molecule has 0 aromatic rings. The number of carbonyl (C=O) groups excluding carboxylic acids is 1. The van der Waals surface area contributed by atoms with Crippen molar-refractivity contribution < 1.29 is 4.79 Å². The predicted octanol–water partition coefficient (Wildman–Crippen LogP) is 0.196. The average Bonchev–Trinajstić information content (AvgIpc) is 2.65. The molecule has 0 aromatic heterocycles. The van der Waals surface area contributed by atoms with Crippen molar-refractivity contribution in [1.29, 1.82) is 0 Å². The first-order chi connectivity index (χ1) is 7.78. The van der Waals surface area contributed by atoms with E-state index in [0.717, 1.165) is 31.8 Å². The number of carbonyl (C=O) groups is 1. The van der Waals surface area contributed by atoms with E-state index < -0.39 is 0 Å². The molecule has 0 saturated carbocycles. The second kappa shape index (κ2) is 5.64. The molecular formula is C12H23N3O. The molecular weight excluding hydrogens is 202 g/mol. The van der Waals surface area contributed by atoms with Gasteiger partial charge in [-0.2, -0.15) is 0 Å². The zero-order chi connectivity index (χ0) is 11.4.